The molecule has 0 saturated heterocycles. The van der Waals surface area contributed by atoms with Crippen LogP contribution in [-0.2, 0) is 28.0 Å². The molecule has 40 heavy (non-hydrogen) atoms. The molecule has 4 N–H and O–H groups in total. The van der Waals surface area contributed by atoms with Crippen molar-refractivity contribution in [2.24, 2.45) is 0 Å². The van der Waals surface area contributed by atoms with Crippen molar-refractivity contribution in [3.8, 4) is 11.5 Å². The summed E-state index contributed by atoms with van der Waals surface area (Å²) in [5.74, 6) is -0.876. The normalized spacial score (nSPS) is 16.2. The minimum absolute atomic E-state index is 0.0188. The number of carboxylic acids is 1. The minimum atomic E-state index is -1.18. The fraction of sp³-hybridized carbons (Fsp3) is 0.167. The van der Waals surface area contributed by atoms with Gasteiger partial charge in [-0.2, -0.15) is 5.10 Å². The molecule has 1 atom stereocenters. The number of carbonyl (C=O) groups is 2. The Morgan fingerprint density at radius 3 is 2.65 bits per heavy atom. The first-order chi connectivity index (χ1) is 19.3. The zero-order valence-corrected chi connectivity index (χ0v) is 21.6. The molecule has 10 heteroatoms. The average Bonchev–Trinajstić information content (AvgIpc) is 3.44. The topological polar surface area (TPSA) is 136 Å². The predicted molar refractivity (Wildman–Crippen MR) is 148 cm³/mol. The Balaban J connectivity index is 1.43. The Morgan fingerprint density at radius 2 is 1.85 bits per heavy atom. The monoisotopic (exact) mass is 536 g/mol. The number of anilines is 2. The molecule has 1 aliphatic rings. The van der Waals surface area contributed by atoms with Gasteiger partial charge in [-0.3, -0.25) is 14.3 Å². The highest BCUT2D eigenvalue weighted by molar-refractivity contribution is 6.09. The van der Waals surface area contributed by atoms with E-state index in [0.29, 0.717) is 34.6 Å². The number of carboxylic acid groups (broad SMARTS) is 1. The maximum atomic E-state index is 14.4. The van der Waals surface area contributed by atoms with E-state index in [1.54, 1.807) is 35.9 Å². The molecule has 1 amide bonds. The number of nitrogens with two attached hydrogens (primary N) is 1. The number of fused-ring (bicyclic) bond motifs is 2. The van der Waals surface area contributed by atoms with Crippen molar-refractivity contribution in [3.05, 3.63) is 101 Å². The number of nitrogens with one attached hydrogen (secondary N) is 1. The van der Waals surface area contributed by atoms with Crippen LogP contribution in [0.2, 0.25) is 0 Å². The molecule has 5 aromatic rings. The summed E-state index contributed by atoms with van der Waals surface area (Å²) in [7, 11) is 0. The van der Waals surface area contributed by atoms with Crippen LogP contribution in [0.4, 0.5) is 16.0 Å². The summed E-state index contributed by atoms with van der Waals surface area (Å²) in [5.41, 5.74) is 8.97. The maximum absolute atomic E-state index is 14.4. The first-order valence-corrected chi connectivity index (χ1v) is 12.8. The highest BCUT2D eigenvalue weighted by Crippen LogP contribution is 2.45. The number of amides is 1. The molecular weight excluding hydrogens is 511 g/mol. The van der Waals surface area contributed by atoms with E-state index in [4.69, 9.17) is 15.9 Å². The highest BCUT2D eigenvalue weighted by Gasteiger charge is 2.47. The lowest BCUT2D eigenvalue weighted by Gasteiger charge is -2.24. The van der Waals surface area contributed by atoms with Crippen molar-refractivity contribution >= 4 is 34.4 Å². The van der Waals surface area contributed by atoms with Crippen molar-refractivity contribution in [2.75, 3.05) is 11.1 Å². The van der Waals surface area contributed by atoms with Gasteiger partial charge in [-0.05, 0) is 36.6 Å². The number of halogens is 1. The molecule has 0 saturated carbocycles. The Labute approximate surface area is 228 Å². The summed E-state index contributed by atoms with van der Waals surface area (Å²) in [6, 6.07) is 21.3. The van der Waals surface area contributed by atoms with E-state index in [2.05, 4.69) is 15.3 Å². The van der Waals surface area contributed by atoms with Crippen LogP contribution < -0.4 is 11.1 Å². The van der Waals surface area contributed by atoms with Crippen LogP contribution >= 0.6 is 0 Å². The molecule has 2 aromatic heterocycles. The van der Waals surface area contributed by atoms with Crippen LogP contribution in [0.25, 0.3) is 22.4 Å². The first-order valence-electron chi connectivity index (χ1n) is 12.8. The van der Waals surface area contributed by atoms with Gasteiger partial charge in [-0.25, -0.2) is 14.4 Å². The van der Waals surface area contributed by atoms with Crippen LogP contribution in [0.15, 0.2) is 72.8 Å². The number of nitrogens with zero attached hydrogens (tertiary/aromatic N) is 4. The average molecular weight is 537 g/mol. The number of aromatic nitrogens is 4. The number of benzene rings is 3. The summed E-state index contributed by atoms with van der Waals surface area (Å²) in [6.07, 6.45) is 0.316. The minimum Gasteiger partial charge on any atom is -0.481 e. The second-order valence-electron chi connectivity index (χ2n) is 9.94. The summed E-state index contributed by atoms with van der Waals surface area (Å²) in [6.45, 7) is 1.96. The molecule has 3 aromatic carbocycles. The Hall–Kier alpha value is -5.12. The van der Waals surface area contributed by atoms with Crippen molar-refractivity contribution in [2.45, 2.75) is 31.7 Å². The number of hydrogen-bond donors (Lipinski definition) is 3. The molecular formula is C30H25FN6O3. The summed E-state index contributed by atoms with van der Waals surface area (Å²) < 4.78 is 16.1. The number of aliphatic carboxylic acids is 1. The van der Waals surface area contributed by atoms with Gasteiger partial charge >= 0.3 is 5.97 Å². The maximum Gasteiger partial charge on any atom is 0.303 e. The van der Waals surface area contributed by atoms with E-state index < -0.39 is 11.4 Å². The molecule has 1 aliphatic heterocycles. The molecule has 9 nitrogen and oxygen atoms in total. The van der Waals surface area contributed by atoms with Crippen LogP contribution in [-0.4, -0.2) is 36.7 Å². The lowest BCUT2D eigenvalue weighted by molar-refractivity contribution is -0.137. The van der Waals surface area contributed by atoms with Crippen molar-refractivity contribution in [1.82, 2.24) is 19.7 Å². The van der Waals surface area contributed by atoms with E-state index in [-0.39, 0.29) is 36.3 Å². The van der Waals surface area contributed by atoms with Crippen molar-refractivity contribution in [1.29, 1.82) is 0 Å². The summed E-state index contributed by atoms with van der Waals surface area (Å²) >= 11 is 0. The zero-order valence-electron chi connectivity index (χ0n) is 21.6. The number of rotatable bonds is 7. The number of para-hydroxylation sites is 1. The summed E-state index contributed by atoms with van der Waals surface area (Å²) in [5, 5.41) is 17.4. The van der Waals surface area contributed by atoms with Gasteiger partial charge in [0.25, 0.3) is 0 Å². The number of carbonyl (C=O) groups excluding carboxylic acids is 1. The lowest BCUT2D eigenvalue weighted by atomic mass is 9.77. The molecule has 0 fully saturated rings. The number of hydrogen-bond acceptors (Lipinski definition) is 6. The van der Waals surface area contributed by atoms with Gasteiger partial charge in [-0.1, -0.05) is 60.7 Å². The fourth-order valence-corrected chi connectivity index (χ4v) is 5.28. The lowest BCUT2D eigenvalue weighted by Crippen LogP contribution is -2.33. The largest absolute Gasteiger partial charge is 0.481 e. The van der Waals surface area contributed by atoms with Crippen LogP contribution in [0.3, 0.4) is 0 Å². The third kappa shape index (κ3) is 4.14. The van der Waals surface area contributed by atoms with E-state index in [0.717, 1.165) is 16.5 Å². The molecule has 0 bridgehead atoms. The standard InChI is InChI=1S/C30H25FN6O3/c1-30(19-9-6-7-17(15-19)13-14-23(38)39)24-26(32)33-28(34-27(24)35-29(30)40)25-20-10-3-5-12-22(20)37(36-25)16-18-8-2-4-11-21(18)31/h2-12,15H,13-14,16H2,1H3,(H,38,39)(H3,32,33,34,35,40). The van der Waals surface area contributed by atoms with E-state index in [1.165, 1.54) is 6.07 Å². The van der Waals surface area contributed by atoms with Gasteiger partial charge in [0, 0.05) is 17.4 Å². The fourth-order valence-electron chi connectivity index (χ4n) is 5.28. The van der Waals surface area contributed by atoms with Crippen molar-refractivity contribution in [3.63, 3.8) is 0 Å². The van der Waals surface area contributed by atoms with Gasteiger partial charge in [-0.15, -0.1) is 0 Å². The quantitative estimate of drug-likeness (QED) is 0.278. The third-order valence-corrected chi connectivity index (χ3v) is 7.40. The Morgan fingerprint density at radius 1 is 1.07 bits per heavy atom. The summed E-state index contributed by atoms with van der Waals surface area (Å²) in [4.78, 5) is 33.7. The van der Waals surface area contributed by atoms with Gasteiger partial charge in [0.2, 0.25) is 5.91 Å². The van der Waals surface area contributed by atoms with Gasteiger partial charge in [0.15, 0.2) is 5.82 Å². The van der Waals surface area contributed by atoms with E-state index in [1.807, 2.05) is 42.5 Å². The molecule has 0 radical (unpaired) electrons. The number of nitrogen functional groups attached to an aromatic ring is 1. The zero-order chi connectivity index (χ0) is 28.0. The van der Waals surface area contributed by atoms with Crippen molar-refractivity contribution < 1.29 is 19.1 Å². The van der Waals surface area contributed by atoms with Gasteiger partial charge < -0.3 is 16.2 Å². The smallest absolute Gasteiger partial charge is 0.303 e. The van der Waals surface area contributed by atoms with Crippen LogP contribution in [0.1, 0.15) is 35.6 Å². The number of aryl methyl sites for hydroxylation is 1. The molecule has 0 aliphatic carbocycles. The Bertz CT molecular complexity index is 1820. The van der Waals surface area contributed by atoms with Crippen LogP contribution in [0, 0.1) is 5.82 Å². The molecule has 3 heterocycles. The van der Waals surface area contributed by atoms with Gasteiger partial charge in [0.05, 0.1) is 17.6 Å². The van der Waals surface area contributed by atoms with E-state index in [9.17, 15) is 14.0 Å². The van der Waals surface area contributed by atoms with E-state index >= 15 is 0 Å². The first kappa shape index (κ1) is 25.2. The second kappa shape index (κ2) is 9.57. The Kier molecular flexibility index (Phi) is 6.02. The predicted octanol–water partition coefficient (Wildman–Crippen LogP) is 4.54. The third-order valence-electron chi connectivity index (χ3n) is 7.40. The second-order valence-corrected chi connectivity index (χ2v) is 9.94. The SMILES string of the molecule is CC1(c2cccc(CCC(=O)O)c2)C(=O)Nc2nc(-c3nn(Cc4ccccc4F)c4ccccc34)nc(N)c21. The molecule has 0 spiro atoms. The molecule has 6 rings (SSSR count). The molecule has 200 valence electrons. The highest BCUT2D eigenvalue weighted by atomic mass is 19.1. The van der Waals surface area contributed by atoms with Crippen LogP contribution in [0.5, 0.6) is 0 Å². The van der Waals surface area contributed by atoms with Gasteiger partial charge in [0.1, 0.15) is 28.6 Å². The molecule has 1 unspecified atom stereocenters.